The minimum absolute atomic E-state index is 0.232. The van der Waals surface area contributed by atoms with Gasteiger partial charge in [0, 0.05) is 18.9 Å². The number of aliphatic hydroxyl groups is 1. The van der Waals surface area contributed by atoms with Crippen molar-refractivity contribution >= 4 is 17.5 Å². The lowest BCUT2D eigenvalue weighted by Gasteiger charge is -2.14. The Hall–Kier alpha value is -1.13. The monoisotopic (exact) mass is 256 g/mol. The zero-order valence-corrected chi connectivity index (χ0v) is 10.7. The van der Waals surface area contributed by atoms with Gasteiger partial charge in [-0.2, -0.15) is 0 Å². The number of amides is 1. The number of hydrogen-bond donors (Lipinski definition) is 2. The summed E-state index contributed by atoms with van der Waals surface area (Å²) in [7, 11) is 0. The largest absolute Gasteiger partial charge is 0.391 e. The molecule has 1 aromatic rings. The number of carbonyl (C=O) groups is 1. The van der Waals surface area contributed by atoms with Gasteiger partial charge in [-0.15, -0.1) is 0 Å². The number of aromatic nitrogens is 1. The van der Waals surface area contributed by atoms with Crippen molar-refractivity contribution < 1.29 is 9.90 Å². The van der Waals surface area contributed by atoms with Crippen molar-refractivity contribution in [1.29, 1.82) is 0 Å². The minimum atomic E-state index is -0.528. The molecule has 0 aliphatic heterocycles. The number of halogens is 1. The molecule has 0 aliphatic rings. The second-order valence-electron chi connectivity index (χ2n) is 4.35. The van der Waals surface area contributed by atoms with Crippen LogP contribution in [0.25, 0.3) is 0 Å². The molecule has 5 heteroatoms. The van der Waals surface area contributed by atoms with Crippen LogP contribution in [0, 0.1) is 5.92 Å². The number of pyridine rings is 1. The summed E-state index contributed by atoms with van der Waals surface area (Å²) in [6.45, 7) is 4.27. The first-order valence-electron chi connectivity index (χ1n) is 5.56. The van der Waals surface area contributed by atoms with Crippen LogP contribution in [0.15, 0.2) is 18.5 Å². The molecule has 0 spiro atoms. The van der Waals surface area contributed by atoms with Crippen LogP contribution in [0.2, 0.25) is 5.02 Å². The van der Waals surface area contributed by atoms with E-state index >= 15 is 0 Å². The molecule has 4 nitrogen and oxygen atoms in total. The van der Waals surface area contributed by atoms with E-state index in [9.17, 15) is 9.90 Å². The van der Waals surface area contributed by atoms with Gasteiger partial charge in [0.1, 0.15) is 0 Å². The molecule has 0 fully saturated rings. The molecule has 2 N–H and O–H groups in total. The Bertz CT molecular complexity index is 383. The summed E-state index contributed by atoms with van der Waals surface area (Å²) in [6.07, 6.45) is 3.05. The molecular weight excluding hydrogens is 240 g/mol. The molecule has 0 aliphatic carbocycles. The van der Waals surface area contributed by atoms with Crippen molar-refractivity contribution in [2.75, 3.05) is 6.54 Å². The van der Waals surface area contributed by atoms with Crippen LogP contribution >= 0.6 is 11.6 Å². The van der Waals surface area contributed by atoms with Crippen molar-refractivity contribution in [3.8, 4) is 0 Å². The fourth-order valence-electron chi connectivity index (χ4n) is 1.49. The van der Waals surface area contributed by atoms with E-state index in [2.05, 4.69) is 10.3 Å². The fraction of sp³-hybridized carbons (Fsp3) is 0.500. The summed E-state index contributed by atoms with van der Waals surface area (Å²) in [6, 6.07) is 1.55. The maximum absolute atomic E-state index is 11.7. The highest BCUT2D eigenvalue weighted by Gasteiger charge is 2.12. The number of hydrogen-bond acceptors (Lipinski definition) is 3. The van der Waals surface area contributed by atoms with E-state index in [1.165, 1.54) is 12.4 Å². The molecule has 1 atom stereocenters. The first-order valence-corrected chi connectivity index (χ1v) is 5.94. The van der Waals surface area contributed by atoms with Crippen molar-refractivity contribution in [3.05, 3.63) is 29.0 Å². The van der Waals surface area contributed by atoms with Gasteiger partial charge in [-0.3, -0.25) is 9.78 Å². The highest BCUT2D eigenvalue weighted by molar-refractivity contribution is 6.33. The van der Waals surface area contributed by atoms with Crippen LogP contribution in [0.5, 0.6) is 0 Å². The average molecular weight is 257 g/mol. The normalized spacial score (nSPS) is 12.5. The first-order chi connectivity index (χ1) is 8.00. The van der Waals surface area contributed by atoms with Gasteiger partial charge in [0.2, 0.25) is 0 Å². The molecule has 17 heavy (non-hydrogen) atoms. The Kier molecular flexibility index (Phi) is 5.38. The van der Waals surface area contributed by atoms with Crippen LogP contribution in [0.3, 0.4) is 0 Å². The predicted octanol–water partition coefficient (Wildman–Crippen LogP) is 1.87. The molecule has 1 aromatic heterocycles. The van der Waals surface area contributed by atoms with Gasteiger partial charge in [0.15, 0.2) is 0 Å². The third kappa shape index (κ3) is 4.71. The molecule has 0 radical (unpaired) electrons. The quantitative estimate of drug-likeness (QED) is 0.846. The average Bonchev–Trinajstić information content (AvgIpc) is 2.25. The molecule has 0 bridgehead atoms. The van der Waals surface area contributed by atoms with Crippen molar-refractivity contribution in [1.82, 2.24) is 10.3 Å². The standard InChI is InChI=1S/C12H17ClN2O2/c1-8(2)5-9(16)6-15-12(17)10-3-4-14-7-11(10)13/h3-4,7-9,16H,5-6H2,1-2H3,(H,15,17)/t9-/m1/s1. The lowest BCUT2D eigenvalue weighted by molar-refractivity contribution is 0.0900. The van der Waals surface area contributed by atoms with E-state index in [1.54, 1.807) is 6.07 Å². The third-order valence-electron chi connectivity index (χ3n) is 2.26. The second-order valence-corrected chi connectivity index (χ2v) is 4.76. The Balaban J connectivity index is 2.48. The molecule has 1 rings (SSSR count). The molecule has 0 aromatic carbocycles. The highest BCUT2D eigenvalue weighted by atomic mass is 35.5. The molecule has 0 unspecified atom stereocenters. The van der Waals surface area contributed by atoms with E-state index in [0.717, 1.165) is 0 Å². The van der Waals surface area contributed by atoms with Crippen LogP contribution in [-0.4, -0.2) is 28.6 Å². The summed E-state index contributed by atoms with van der Waals surface area (Å²) in [5.74, 6) is 0.103. The van der Waals surface area contributed by atoms with E-state index < -0.39 is 6.10 Å². The van der Waals surface area contributed by atoms with Gasteiger partial charge in [0.05, 0.1) is 16.7 Å². The SMILES string of the molecule is CC(C)C[C@@H](O)CNC(=O)c1ccncc1Cl. The van der Waals surface area contributed by atoms with E-state index in [4.69, 9.17) is 11.6 Å². The lowest BCUT2D eigenvalue weighted by Crippen LogP contribution is -2.32. The third-order valence-corrected chi connectivity index (χ3v) is 2.56. The fourth-order valence-corrected chi connectivity index (χ4v) is 1.70. The number of carbonyl (C=O) groups excluding carboxylic acids is 1. The smallest absolute Gasteiger partial charge is 0.252 e. The second kappa shape index (κ2) is 6.57. The minimum Gasteiger partial charge on any atom is -0.391 e. The summed E-state index contributed by atoms with van der Waals surface area (Å²) in [5.41, 5.74) is 0.374. The Labute approximate surface area is 106 Å². The Morgan fingerprint density at radius 1 is 1.59 bits per heavy atom. The van der Waals surface area contributed by atoms with Crippen molar-refractivity contribution in [2.45, 2.75) is 26.4 Å². The van der Waals surface area contributed by atoms with Gasteiger partial charge >= 0.3 is 0 Å². The predicted molar refractivity (Wildman–Crippen MR) is 67.0 cm³/mol. The van der Waals surface area contributed by atoms with Gasteiger partial charge in [-0.25, -0.2) is 0 Å². The summed E-state index contributed by atoms with van der Waals surface area (Å²) in [4.78, 5) is 15.5. The summed E-state index contributed by atoms with van der Waals surface area (Å²) in [5, 5.41) is 12.6. The maximum Gasteiger partial charge on any atom is 0.252 e. The van der Waals surface area contributed by atoms with Crippen LogP contribution < -0.4 is 5.32 Å². The van der Waals surface area contributed by atoms with Crippen molar-refractivity contribution in [3.63, 3.8) is 0 Å². The number of rotatable bonds is 5. The van der Waals surface area contributed by atoms with E-state index in [1.807, 2.05) is 13.8 Å². The topological polar surface area (TPSA) is 62.2 Å². The van der Waals surface area contributed by atoms with Gasteiger partial charge in [0.25, 0.3) is 5.91 Å². The van der Waals surface area contributed by atoms with Gasteiger partial charge in [-0.1, -0.05) is 25.4 Å². The zero-order valence-electron chi connectivity index (χ0n) is 9.98. The first kappa shape index (κ1) is 13.9. The molecular formula is C12H17ClN2O2. The van der Waals surface area contributed by atoms with Gasteiger partial charge in [-0.05, 0) is 18.4 Å². The highest BCUT2D eigenvalue weighted by Crippen LogP contribution is 2.13. The number of nitrogens with one attached hydrogen (secondary N) is 1. The van der Waals surface area contributed by atoms with Crippen LogP contribution in [0.4, 0.5) is 0 Å². The summed E-state index contributed by atoms with van der Waals surface area (Å²) < 4.78 is 0. The van der Waals surface area contributed by atoms with E-state index in [0.29, 0.717) is 22.9 Å². The molecule has 94 valence electrons. The van der Waals surface area contributed by atoms with Crippen LogP contribution in [-0.2, 0) is 0 Å². The van der Waals surface area contributed by atoms with E-state index in [-0.39, 0.29) is 12.5 Å². The summed E-state index contributed by atoms with van der Waals surface area (Å²) >= 11 is 5.83. The Morgan fingerprint density at radius 3 is 2.88 bits per heavy atom. The molecule has 0 saturated carbocycles. The van der Waals surface area contributed by atoms with Gasteiger partial charge < -0.3 is 10.4 Å². The lowest BCUT2D eigenvalue weighted by atomic mass is 10.1. The molecule has 1 amide bonds. The number of nitrogens with zero attached hydrogens (tertiary/aromatic N) is 1. The Morgan fingerprint density at radius 2 is 2.29 bits per heavy atom. The number of aliphatic hydroxyl groups excluding tert-OH is 1. The van der Waals surface area contributed by atoms with Crippen LogP contribution in [0.1, 0.15) is 30.6 Å². The molecule has 0 saturated heterocycles. The zero-order chi connectivity index (χ0) is 12.8. The molecule has 1 heterocycles. The van der Waals surface area contributed by atoms with Crippen molar-refractivity contribution in [2.24, 2.45) is 5.92 Å². The maximum atomic E-state index is 11.7.